The molecule has 0 aliphatic rings. The van der Waals surface area contributed by atoms with Gasteiger partial charge in [0.1, 0.15) is 25.6 Å². The maximum atomic E-state index is 12.9. The quantitative estimate of drug-likeness (QED) is 0.00952. The van der Waals surface area contributed by atoms with Crippen molar-refractivity contribution in [1.29, 1.82) is 5.26 Å². The van der Waals surface area contributed by atoms with Crippen molar-refractivity contribution < 1.29 is 316 Å². The molecule has 1 aromatic rings. The number of nitriles is 1. The van der Waals surface area contributed by atoms with Crippen molar-refractivity contribution in [3.8, 4) is 48.9 Å². The van der Waals surface area contributed by atoms with E-state index >= 15 is 0 Å². The van der Waals surface area contributed by atoms with Gasteiger partial charge in [0.25, 0.3) is 6.10 Å². The number of rotatable bonds is 48. The van der Waals surface area contributed by atoms with Gasteiger partial charge in [-0.2, -0.15) is 57.9 Å². The third-order valence-electron chi connectivity index (χ3n) is 7.74. The molecule has 12 atom stereocenters. The van der Waals surface area contributed by atoms with Gasteiger partial charge in [-0.25, -0.2) is 91.3 Å². The summed E-state index contributed by atoms with van der Waals surface area (Å²) in [5, 5.41) is 7.93. The minimum Gasteiger partial charge on any atom is -0.410 e. The Bertz CT molecular complexity index is 5090. The average molecular weight is 2530 g/mol. The maximum Gasteiger partial charge on any atom is 0.506 e. The van der Waals surface area contributed by atoms with E-state index in [0.717, 1.165) is 27.9 Å². The fraction of sp³-hybridized carbons (Fsp3) is 0.472. The first-order chi connectivity index (χ1) is 60.9. The number of alkyl halides is 12. The smallest absolute Gasteiger partial charge is 0.410 e. The first-order valence-corrected chi connectivity index (χ1v) is 60.1. The molecule has 1 aromatic carbocycles. The largest absolute Gasteiger partial charge is 0.506 e. The van der Waals surface area contributed by atoms with E-state index in [2.05, 4.69) is 93.3 Å². The van der Waals surface area contributed by atoms with Crippen molar-refractivity contribution in [3.05, 3.63) is 68.3 Å². The molecular weight excluding hydrogens is 2480 g/mol. The van der Waals surface area contributed by atoms with E-state index in [9.17, 15) is 252 Å². The van der Waals surface area contributed by atoms with Crippen LogP contribution in [-0.4, -0.2) is 96.9 Å². The zero-order valence-corrected chi connectivity index (χ0v) is 82.8. The molecule has 0 fully saturated rings. The van der Waals surface area contributed by atoms with Crippen LogP contribution in [0.2, 0.25) is 0 Å². The number of halogens is 40. The molecule has 0 radical (unpaired) electrons. The first kappa shape index (κ1) is 154. The fourth-order valence-electron chi connectivity index (χ4n) is 4.28. The maximum absolute atomic E-state index is 12.9. The van der Waals surface area contributed by atoms with Gasteiger partial charge in [-0.05, 0) is 19.1 Å². The Labute approximate surface area is 752 Å². The van der Waals surface area contributed by atoms with Crippen LogP contribution in [0.5, 0.6) is 5.75 Å². The molecule has 0 bridgehead atoms. The number of terminal acetylenes is 3. The summed E-state index contributed by atoms with van der Waals surface area (Å²) in [4.78, 5) is 4.10. The zero-order chi connectivity index (χ0) is 113. The van der Waals surface area contributed by atoms with Gasteiger partial charge in [-0.1, -0.05) is 54.2 Å². The predicted octanol–water partition coefficient (Wildman–Crippen LogP) is 30.3. The number of benzene rings is 1. The van der Waals surface area contributed by atoms with E-state index in [4.69, 9.17) is 14.4 Å². The van der Waals surface area contributed by atoms with Gasteiger partial charge in [-0.3, -0.25) is 49.8 Å². The molecule has 0 aliphatic carbocycles. The highest BCUT2D eigenvalue weighted by Crippen LogP contribution is 2.67. The summed E-state index contributed by atoms with van der Waals surface area (Å²) in [5.74, 6) is 5.08. The number of hydrogen-bond donors (Lipinski definition) is 10. The van der Waals surface area contributed by atoms with Crippen LogP contribution in [0.15, 0.2) is 68.3 Å². The van der Waals surface area contributed by atoms with Crippen LogP contribution >= 0.6 is 157 Å². The van der Waals surface area contributed by atoms with Crippen molar-refractivity contribution >= 4 is 157 Å². The second-order valence-electron chi connectivity index (χ2n) is 19.5. The number of nitrogens with zero attached hydrogens (tertiary/aromatic N) is 1. The summed E-state index contributed by atoms with van der Waals surface area (Å²) in [6.45, 7) is 1.54. The summed E-state index contributed by atoms with van der Waals surface area (Å²) in [6.07, 6.45) is -10.6. The van der Waals surface area contributed by atoms with Crippen molar-refractivity contribution in [2.24, 2.45) is 0 Å². The molecule has 0 aliphatic heterocycles. The van der Waals surface area contributed by atoms with Crippen LogP contribution in [-0.2, 0) is 141 Å². The second-order valence-corrected chi connectivity index (χ2v) is 49.4. The standard InChI is InChI=1S/C6H6F3NO3P2.C6H11F2NO4P2.C6H7F2NO4P2.C4H8F5NO4P2.C3H2F9NO3P2.C3H5F3N2O3P2.C3H6F3NO3P2.C3H4F3NO3P2.C2H3F6NO3P2.F4HNO2P2/c7-14(8,11)10-15(9,12)13-6-4-2-1-3-5-6;2*1-3-5-12-14(7,10)9-15(8,11)13-6-4-2;1-2-13-15(8,11)10-16(9,12)14-3-4(5,6)7;4-2(5,6)1(3(7,8)9)16-18(12,15)13-17(10,11)14;4-12(5,9)8-13(6,10)11-3-1-2-7;2*1-2-3-10-12(6,9)7-11(4,5)8;3-2(4,5)1-12-14(8,11)9-13(6,7)10;1-8(2,6)5-9(3,4)7/h1-5H,(H,10,11,12);3-4H,1-2,5-6H2,(H,9,10,11);1-2H,5-6H2,(H,9,10,11);2-3H2,1H3,(H,10,11,12);1H,(H,13,14,15);1,3H2,(H,8,9,10);2H,1,3H2,(H,7,8,9);1H,3H2,(H,7,8,9);1H2,(H,9,10,11);(H,5,6,7). The van der Waals surface area contributed by atoms with Gasteiger partial charge >= 0.3 is 182 Å². The van der Waals surface area contributed by atoms with Crippen LogP contribution in [0.1, 0.15) is 13.3 Å². The summed E-state index contributed by atoms with van der Waals surface area (Å²) in [5.41, 5.74) is 0. The number of nitrogens with one attached hydrogen (secondary N) is 10. The fourth-order valence-corrected chi connectivity index (χ4v) is 21.9. The minimum absolute atomic E-state index is 0.0569. The lowest BCUT2D eigenvalue weighted by Gasteiger charge is -2.24. The molecule has 1 rings (SSSR count). The van der Waals surface area contributed by atoms with Gasteiger partial charge in [-0.15, -0.1) is 205 Å². The van der Waals surface area contributed by atoms with Crippen molar-refractivity contribution in [1.82, 2.24) is 48.6 Å². The third-order valence-corrected chi connectivity index (χ3v) is 32.4. The normalized spacial score (nSPS) is 17.4. The van der Waals surface area contributed by atoms with Crippen LogP contribution in [0.3, 0.4) is 0 Å². The van der Waals surface area contributed by atoms with Crippen molar-refractivity contribution in [2.75, 3.05) is 66.1 Å². The van der Waals surface area contributed by atoms with Crippen molar-refractivity contribution in [3.63, 3.8) is 0 Å². The van der Waals surface area contributed by atoms with E-state index in [1.165, 1.54) is 37.3 Å². The van der Waals surface area contributed by atoms with Crippen molar-refractivity contribution in [2.45, 2.75) is 44.2 Å². The number of para-hydroxylation sites is 1. The Hall–Kier alpha value is -2.63. The predicted molar refractivity (Wildman–Crippen MR) is 403 cm³/mol. The lowest BCUT2D eigenvalue weighted by molar-refractivity contribution is -0.301. The molecule has 0 spiro atoms. The highest BCUT2D eigenvalue weighted by atomic mass is 31.3. The molecule has 43 nitrogen and oxygen atoms in total. The minimum atomic E-state index is -6.77. The molecule has 12 unspecified atom stereocenters. The molecule has 0 heterocycles. The van der Waals surface area contributed by atoms with Gasteiger partial charge in [0.2, 0.25) is 0 Å². The topological polar surface area (TPSA) is 596 Å². The highest BCUT2D eigenvalue weighted by molar-refractivity contribution is 7.71. The summed E-state index contributed by atoms with van der Waals surface area (Å²) in [6, 6.07) is 8.37. The Morgan fingerprint density at radius 3 is 0.755 bits per heavy atom. The highest BCUT2D eigenvalue weighted by Gasteiger charge is 2.62. The second kappa shape index (κ2) is 66.0. The van der Waals surface area contributed by atoms with E-state index in [1.54, 1.807) is 23.8 Å². The summed E-state index contributed by atoms with van der Waals surface area (Å²) in [7, 11) is -113. The zero-order valence-electron chi connectivity index (χ0n) is 64.9. The van der Waals surface area contributed by atoms with Crippen LogP contribution in [0.4, 0.5) is 170 Å². The Morgan fingerprint density at radius 2 is 0.532 bits per heavy atom. The molecule has 10 N–H and O–H groups in total. The first-order valence-electron chi connectivity index (χ1n) is 30.0. The Kier molecular flexibility index (Phi) is 73.2. The molecule has 0 saturated carbocycles. The number of hydrogen-bond acceptors (Lipinski definition) is 33. The summed E-state index contributed by atoms with van der Waals surface area (Å²) >= 11 is 0. The van der Waals surface area contributed by atoms with Gasteiger partial charge in [0, 0.05) is 0 Å². The monoisotopic (exact) mass is 2530 g/mol. The molecule has 0 aromatic heterocycles. The molecular formula is C36H53F40N11O32P20. The van der Waals surface area contributed by atoms with E-state index < -0.39 is 254 Å². The Morgan fingerprint density at radius 1 is 0.317 bits per heavy atom. The van der Waals surface area contributed by atoms with Gasteiger partial charge in [0.05, 0.1) is 45.5 Å². The van der Waals surface area contributed by atoms with E-state index in [1.807, 2.05) is 0 Å². The molecule has 139 heavy (non-hydrogen) atoms. The Balaban J connectivity index is -0.000000194. The summed E-state index contributed by atoms with van der Waals surface area (Å²) < 4.78 is 720. The van der Waals surface area contributed by atoms with Gasteiger partial charge in [0.15, 0.2) is 13.2 Å². The van der Waals surface area contributed by atoms with Crippen LogP contribution in [0, 0.1) is 48.4 Å². The van der Waals surface area contributed by atoms with E-state index in [-0.39, 0.29) is 26.7 Å². The third kappa shape index (κ3) is 120. The average Bonchev–Trinajstić information content (AvgIpc) is 0.801. The molecule has 103 heteroatoms. The van der Waals surface area contributed by atoms with Crippen LogP contribution in [0.25, 0.3) is 0 Å². The lowest BCUT2D eigenvalue weighted by Crippen LogP contribution is -2.43. The van der Waals surface area contributed by atoms with E-state index in [0.29, 0.717) is 24.3 Å². The lowest BCUT2D eigenvalue weighted by atomic mass is 10.3. The van der Waals surface area contributed by atoms with Gasteiger partial charge < -0.3 is 4.52 Å². The SMILES string of the molecule is C#CCOP(=O)(F)NP(=O)(F)F.C#CCOP(=O)(F)NP(=O)(F)OCC#C.C=CCOP(=O)(F)NP(=O)(F)F.C=CCOP(=O)(F)NP(=O)(F)OCC=C.CCOP(=O)(F)NP(=O)(F)OCC(F)(F)F.N#CCCOP(=O)(F)NP(=O)(F)F.O=P(F)(F)NP(=O)(F)F.O=P(F)(F)NP(=O)(F)OC(C(F)(F)F)C(F)(F)F.O=P(F)(F)NP(=O)(F)OCC(F)(F)F.O=P(F)(F)NP(=O)(F)Oc1ccccc1. The molecule has 0 saturated heterocycles. The molecule has 824 valence electrons. The van der Waals surface area contributed by atoms with Crippen LogP contribution < -0.4 is 53.1 Å². The molecule has 0 amide bonds.